The lowest BCUT2D eigenvalue weighted by Gasteiger charge is -2.15. The lowest BCUT2D eigenvalue weighted by atomic mass is 10.1. The van der Waals surface area contributed by atoms with E-state index in [0.29, 0.717) is 0 Å². The van der Waals surface area contributed by atoms with Crippen molar-refractivity contribution in [3.05, 3.63) is 59.4 Å². The van der Waals surface area contributed by atoms with E-state index in [9.17, 15) is 9.50 Å². The molecular weight excluding hydrogens is 229 g/mol. The molecule has 1 atom stereocenters. The fraction of sp³-hybridized carbons (Fsp3) is 0.200. The molecule has 0 saturated heterocycles. The summed E-state index contributed by atoms with van der Waals surface area (Å²) in [6, 6.07) is 12.3. The van der Waals surface area contributed by atoms with Crippen molar-refractivity contribution in [1.29, 1.82) is 0 Å². The van der Waals surface area contributed by atoms with Gasteiger partial charge in [-0.1, -0.05) is 12.1 Å². The molecule has 3 heteroatoms. The van der Waals surface area contributed by atoms with E-state index in [1.54, 1.807) is 18.2 Å². The van der Waals surface area contributed by atoms with E-state index in [1.165, 1.54) is 6.07 Å². The van der Waals surface area contributed by atoms with Crippen LogP contribution in [0.4, 0.5) is 10.1 Å². The zero-order chi connectivity index (χ0) is 12.5. The minimum atomic E-state index is -0.109. The second kappa shape index (κ2) is 4.33. The van der Waals surface area contributed by atoms with Gasteiger partial charge in [0.25, 0.3) is 0 Å². The van der Waals surface area contributed by atoms with Gasteiger partial charge < -0.3 is 10.4 Å². The second-order valence-corrected chi connectivity index (χ2v) is 4.59. The van der Waals surface area contributed by atoms with E-state index in [1.807, 2.05) is 18.2 Å². The van der Waals surface area contributed by atoms with Crippen molar-refractivity contribution in [3.63, 3.8) is 0 Å². The predicted molar refractivity (Wildman–Crippen MR) is 69.2 cm³/mol. The Kier molecular flexibility index (Phi) is 2.67. The van der Waals surface area contributed by atoms with Crippen LogP contribution in [0.3, 0.4) is 0 Å². The number of phenols is 1. The van der Waals surface area contributed by atoms with Crippen LogP contribution in [0.5, 0.6) is 5.75 Å². The van der Waals surface area contributed by atoms with Gasteiger partial charge >= 0.3 is 0 Å². The highest BCUT2D eigenvalue weighted by Crippen LogP contribution is 2.35. The molecule has 2 aromatic carbocycles. The molecule has 0 bridgehead atoms. The first-order valence-electron chi connectivity index (χ1n) is 6.07. The third-order valence-electron chi connectivity index (χ3n) is 3.42. The van der Waals surface area contributed by atoms with Crippen LogP contribution in [-0.2, 0) is 6.42 Å². The van der Waals surface area contributed by atoms with Crippen molar-refractivity contribution in [2.24, 2.45) is 0 Å². The summed E-state index contributed by atoms with van der Waals surface area (Å²) < 4.78 is 13.6. The fourth-order valence-corrected chi connectivity index (χ4v) is 2.52. The number of hydrogen-bond acceptors (Lipinski definition) is 2. The molecule has 3 rings (SSSR count). The van der Waals surface area contributed by atoms with Crippen molar-refractivity contribution in [2.45, 2.75) is 18.9 Å². The Labute approximate surface area is 105 Å². The van der Waals surface area contributed by atoms with Gasteiger partial charge in [0.1, 0.15) is 11.6 Å². The molecule has 0 amide bonds. The molecule has 0 fully saturated rings. The Morgan fingerprint density at radius 1 is 1.11 bits per heavy atom. The average molecular weight is 243 g/mol. The first-order valence-corrected chi connectivity index (χ1v) is 6.07. The van der Waals surface area contributed by atoms with E-state index in [4.69, 9.17) is 0 Å². The number of anilines is 1. The van der Waals surface area contributed by atoms with Gasteiger partial charge in [-0.15, -0.1) is 0 Å². The summed E-state index contributed by atoms with van der Waals surface area (Å²) in [5, 5.41) is 12.6. The monoisotopic (exact) mass is 243 g/mol. The third-order valence-corrected chi connectivity index (χ3v) is 3.42. The Morgan fingerprint density at radius 2 is 1.89 bits per heavy atom. The van der Waals surface area contributed by atoms with Gasteiger partial charge in [0.15, 0.2) is 0 Å². The van der Waals surface area contributed by atoms with Gasteiger partial charge in [0, 0.05) is 5.69 Å². The van der Waals surface area contributed by atoms with Crippen molar-refractivity contribution < 1.29 is 9.50 Å². The normalized spacial score (nSPS) is 17.5. The SMILES string of the molecule is Oc1ccc(NC2CCc3c(F)cccc32)cc1. The zero-order valence-corrected chi connectivity index (χ0v) is 9.86. The minimum absolute atomic E-state index is 0.109. The molecule has 2 nitrogen and oxygen atoms in total. The largest absolute Gasteiger partial charge is 0.508 e. The smallest absolute Gasteiger partial charge is 0.126 e. The number of nitrogens with one attached hydrogen (secondary N) is 1. The van der Waals surface area contributed by atoms with Crippen LogP contribution in [0, 0.1) is 5.82 Å². The van der Waals surface area contributed by atoms with Gasteiger partial charge in [0.05, 0.1) is 6.04 Å². The first-order chi connectivity index (χ1) is 8.74. The highest BCUT2D eigenvalue weighted by molar-refractivity contribution is 5.50. The topological polar surface area (TPSA) is 32.3 Å². The summed E-state index contributed by atoms with van der Waals surface area (Å²) in [4.78, 5) is 0. The van der Waals surface area contributed by atoms with Crippen LogP contribution >= 0.6 is 0 Å². The highest BCUT2D eigenvalue weighted by atomic mass is 19.1. The molecule has 0 heterocycles. The van der Waals surface area contributed by atoms with Crippen LogP contribution in [0.1, 0.15) is 23.6 Å². The van der Waals surface area contributed by atoms with Gasteiger partial charge in [0.2, 0.25) is 0 Å². The Morgan fingerprint density at radius 3 is 2.67 bits per heavy atom. The summed E-state index contributed by atoms with van der Waals surface area (Å²) in [5.41, 5.74) is 2.81. The molecule has 0 aliphatic heterocycles. The standard InChI is InChI=1S/C15H14FNO/c16-14-3-1-2-13-12(14)8-9-15(13)17-10-4-6-11(18)7-5-10/h1-7,15,17-18H,8-9H2. The summed E-state index contributed by atoms with van der Waals surface area (Å²) in [5.74, 6) is 0.140. The zero-order valence-electron chi connectivity index (χ0n) is 9.86. The summed E-state index contributed by atoms with van der Waals surface area (Å²) >= 11 is 0. The van der Waals surface area contributed by atoms with Gasteiger partial charge in [-0.2, -0.15) is 0 Å². The molecule has 0 aromatic heterocycles. The number of fused-ring (bicyclic) bond motifs is 1. The van der Waals surface area contributed by atoms with Crippen molar-refractivity contribution in [2.75, 3.05) is 5.32 Å². The maximum Gasteiger partial charge on any atom is 0.126 e. The fourth-order valence-electron chi connectivity index (χ4n) is 2.52. The van der Waals surface area contributed by atoms with E-state index < -0.39 is 0 Å². The number of benzene rings is 2. The predicted octanol–water partition coefficient (Wildman–Crippen LogP) is 3.63. The second-order valence-electron chi connectivity index (χ2n) is 4.59. The Balaban J connectivity index is 1.85. The maximum absolute atomic E-state index is 13.6. The number of rotatable bonds is 2. The lowest BCUT2D eigenvalue weighted by molar-refractivity contribution is 0.475. The van der Waals surface area contributed by atoms with E-state index in [-0.39, 0.29) is 17.6 Å². The molecule has 92 valence electrons. The number of aromatic hydroxyl groups is 1. The molecule has 1 unspecified atom stereocenters. The van der Waals surface area contributed by atoms with E-state index in [2.05, 4.69) is 5.32 Å². The quantitative estimate of drug-likeness (QED) is 0.789. The number of hydrogen-bond donors (Lipinski definition) is 2. The van der Waals surface area contributed by atoms with Crippen molar-refractivity contribution in [3.8, 4) is 5.75 Å². The lowest BCUT2D eigenvalue weighted by Crippen LogP contribution is -2.06. The third kappa shape index (κ3) is 1.92. The molecule has 18 heavy (non-hydrogen) atoms. The van der Waals surface area contributed by atoms with E-state index in [0.717, 1.165) is 29.7 Å². The van der Waals surface area contributed by atoms with Crippen LogP contribution in [0.15, 0.2) is 42.5 Å². The maximum atomic E-state index is 13.6. The molecule has 1 aliphatic rings. The molecule has 0 saturated carbocycles. The minimum Gasteiger partial charge on any atom is -0.508 e. The molecule has 1 aliphatic carbocycles. The highest BCUT2D eigenvalue weighted by Gasteiger charge is 2.24. The van der Waals surface area contributed by atoms with Crippen molar-refractivity contribution in [1.82, 2.24) is 0 Å². The molecule has 0 spiro atoms. The molecular formula is C15H14FNO. The van der Waals surface area contributed by atoms with Crippen molar-refractivity contribution >= 4 is 5.69 Å². The van der Waals surface area contributed by atoms with Gasteiger partial charge in [-0.3, -0.25) is 0 Å². The van der Waals surface area contributed by atoms with Crippen LogP contribution in [-0.4, -0.2) is 5.11 Å². The number of phenolic OH excluding ortho intramolecular Hbond substituents is 1. The van der Waals surface area contributed by atoms with Gasteiger partial charge in [-0.25, -0.2) is 4.39 Å². The van der Waals surface area contributed by atoms with Crippen LogP contribution in [0.25, 0.3) is 0 Å². The Bertz CT molecular complexity index is 565. The Hall–Kier alpha value is -2.03. The summed E-state index contributed by atoms with van der Waals surface area (Å²) in [7, 11) is 0. The molecule has 0 radical (unpaired) electrons. The summed E-state index contributed by atoms with van der Waals surface area (Å²) in [6.45, 7) is 0. The van der Waals surface area contributed by atoms with Crippen LogP contribution < -0.4 is 5.32 Å². The van der Waals surface area contributed by atoms with Crippen LogP contribution in [0.2, 0.25) is 0 Å². The molecule has 2 N–H and O–H groups in total. The summed E-state index contributed by atoms with van der Waals surface area (Å²) in [6.07, 6.45) is 1.68. The van der Waals surface area contributed by atoms with E-state index >= 15 is 0 Å². The number of halogens is 1. The average Bonchev–Trinajstić information content (AvgIpc) is 2.77. The first kappa shape index (κ1) is 11.1. The molecule has 2 aromatic rings. The van der Waals surface area contributed by atoms with Gasteiger partial charge in [-0.05, 0) is 54.3 Å².